The summed E-state index contributed by atoms with van der Waals surface area (Å²) in [4.78, 5) is 4.13. The first-order chi connectivity index (χ1) is 5.92. The van der Waals surface area contributed by atoms with E-state index in [0.717, 1.165) is 18.0 Å². The number of nitrogens with one attached hydrogen (secondary N) is 1. The maximum atomic E-state index is 4.13. The Kier molecular flexibility index (Phi) is 1.62. The Morgan fingerprint density at radius 3 is 3.33 bits per heavy atom. The highest BCUT2D eigenvalue weighted by molar-refractivity contribution is 5.61. The first-order valence-corrected chi connectivity index (χ1v) is 3.80. The Morgan fingerprint density at radius 2 is 2.50 bits per heavy atom. The minimum Gasteiger partial charge on any atom is -0.367 e. The molecule has 2 aromatic heterocycles. The van der Waals surface area contributed by atoms with Gasteiger partial charge in [0.05, 0.1) is 0 Å². The number of anilines is 1. The smallest absolute Gasteiger partial charge is 0.203 e. The minimum atomic E-state index is 0.763. The molecule has 0 saturated heterocycles. The molecule has 0 saturated carbocycles. The summed E-state index contributed by atoms with van der Waals surface area (Å²) in [5.74, 6) is 0.775. The second kappa shape index (κ2) is 2.77. The van der Waals surface area contributed by atoms with Gasteiger partial charge in [-0.15, -0.1) is 10.2 Å². The second-order valence-corrected chi connectivity index (χ2v) is 2.37. The third-order valence-electron chi connectivity index (χ3n) is 1.56. The lowest BCUT2D eigenvalue weighted by Crippen LogP contribution is -2.01. The Morgan fingerprint density at radius 1 is 1.58 bits per heavy atom. The number of nitrogens with zero attached hydrogens (tertiary/aromatic N) is 4. The molecule has 62 valence electrons. The van der Waals surface area contributed by atoms with Crippen LogP contribution in [-0.2, 0) is 0 Å². The number of hydrogen-bond donors (Lipinski definition) is 1. The van der Waals surface area contributed by atoms with E-state index in [1.165, 1.54) is 0 Å². The van der Waals surface area contributed by atoms with E-state index in [1.54, 1.807) is 12.5 Å². The van der Waals surface area contributed by atoms with Crippen molar-refractivity contribution in [2.75, 3.05) is 11.9 Å². The molecule has 0 amide bonds. The normalized spacial score (nSPS) is 10.4. The van der Waals surface area contributed by atoms with Crippen molar-refractivity contribution in [3.8, 4) is 0 Å². The average Bonchev–Trinajstić information content (AvgIpc) is 2.53. The summed E-state index contributed by atoms with van der Waals surface area (Å²) < 4.78 is 1.82. The lowest BCUT2D eigenvalue weighted by atomic mass is 10.6. The van der Waals surface area contributed by atoms with Crippen LogP contribution in [0.4, 0.5) is 5.82 Å². The monoisotopic (exact) mass is 163 g/mol. The molecule has 0 fully saturated rings. The fourth-order valence-electron chi connectivity index (χ4n) is 1.05. The van der Waals surface area contributed by atoms with E-state index in [4.69, 9.17) is 0 Å². The fraction of sp³-hybridized carbons (Fsp3) is 0.286. The zero-order chi connectivity index (χ0) is 8.39. The van der Waals surface area contributed by atoms with Crippen LogP contribution in [-0.4, -0.2) is 26.1 Å². The van der Waals surface area contributed by atoms with Crippen LogP contribution in [0.5, 0.6) is 0 Å². The quantitative estimate of drug-likeness (QED) is 0.702. The van der Waals surface area contributed by atoms with Gasteiger partial charge in [-0.3, -0.25) is 4.40 Å². The summed E-state index contributed by atoms with van der Waals surface area (Å²) in [7, 11) is 0. The largest absolute Gasteiger partial charge is 0.367 e. The van der Waals surface area contributed by atoms with Crippen LogP contribution in [0, 0.1) is 0 Å². The van der Waals surface area contributed by atoms with Gasteiger partial charge in [0.2, 0.25) is 5.65 Å². The first-order valence-electron chi connectivity index (χ1n) is 3.80. The van der Waals surface area contributed by atoms with Crippen LogP contribution >= 0.6 is 0 Å². The number of fused-ring (bicyclic) bond motifs is 1. The van der Waals surface area contributed by atoms with E-state index < -0.39 is 0 Å². The minimum absolute atomic E-state index is 0.763. The molecule has 0 bridgehead atoms. The van der Waals surface area contributed by atoms with Gasteiger partial charge in [0.15, 0.2) is 5.82 Å². The van der Waals surface area contributed by atoms with E-state index in [0.29, 0.717) is 0 Å². The molecule has 0 unspecified atom stereocenters. The molecule has 5 heteroatoms. The van der Waals surface area contributed by atoms with Crippen molar-refractivity contribution >= 4 is 11.5 Å². The zero-order valence-corrected chi connectivity index (χ0v) is 6.73. The lowest BCUT2D eigenvalue weighted by Gasteiger charge is -2.01. The summed E-state index contributed by atoms with van der Waals surface area (Å²) in [5, 5.41) is 10.8. The van der Waals surface area contributed by atoms with Crippen molar-refractivity contribution in [2.24, 2.45) is 0 Å². The second-order valence-electron chi connectivity index (χ2n) is 2.37. The number of aromatic nitrogens is 4. The molecule has 1 N–H and O–H groups in total. The molecular formula is C7H9N5. The van der Waals surface area contributed by atoms with Crippen molar-refractivity contribution in [1.82, 2.24) is 19.6 Å². The average molecular weight is 163 g/mol. The molecule has 0 spiro atoms. The lowest BCUT2D eigenvalue weighted by molar-refractivity contribution is 1.09. The molecule has 0 aliphatic carbocycles. The van der Waals surface area contributed by atoms with Crippen molar-refractivity contribution in [2.45, 2.75) is 6.92 Å². The maximum absolute atomic E-state index is 4.13. The predicted octanol–water partition coefficient (Wildman–Crippen LogP) is 0.556. The predicted molar refractivity (Wildman–Crippen MR) is 44.9 cm³/mol. The fourth-order valence-corrected chi connectivity index (χ4v) is 1.05. The van der Waals surface area contributed by atoms with Crippen LogP contribution in [0.25, 0.3) is 5.65 Å². The van der Waals surface area contributed by atoms with Gasteiger partial charge in [0.1, 0.15) is 6.33 Å². The number of hydrogen-bond acceptors (Lipinski definition) is 4. The molecule has 0 radical (unpaired) electrons. The molecule has 0 aliphatic heterocycles. The van der Waals surface area contributed by atoms with E-state index in [-0.39, 0.29) is 0 Å². The SMILES string of the molecule is CCNc1nccn2cnnc12. The van der Waals surface area contributed by atoms with Crippen molar-refractivity contribution < 1.29 is 0 Å². The van der Waals surface area contributed by atoms with Crippen LogP contribution in [0.2, 0.25) is 0 Å². The van der Waals surface area contributed by atoms with Gasteiger partial charge in [0, 0.05) is 18.9 Å². The van der Waals surface area contributed by atoms with Gasteiger partial charge < -0.3 is 5.32 Å². The van der Waals surface area contributed by atoms with Crippen LogP contribution in [0.15, 0.2) is 18.7 Å². The number of rotatable bonds is 2. The summed E-state index contributed by atoms with van der Waals surface area (Å²) >= 11 is 0. The molecular weight excluding hydrogens is 154 g/mol. The van der Waals surface area contributed by atoms with Gasteiger partial charge in [-0.05, 0) is 6.92 Å². The van der Waals surface area contributed by atoms with Crippen LogP contribution < -0.4 is 5.32 Å². The Balaban J connectivity index is 2.57. The summed E-state index contributed by atoms with van der Waals surface area (Å²) in [6, 6.07) is 0. The van der Waals surface area contributed by atoms with Gasteiger partial charge in [0.25, 0.3) is 0 Å². The van der Waals surface area contributed by atoms with Gasteiger partial charge in [-0.2, -0.15) is 0 Å². The molecule has 0 atom stereocenters. The highest BCUT2D eigenvalue weighted by atomic mass is 15.2. The van der Waals surface area contributed by atoms with Gasteiger partial charge in [-0.25, -0.2) is 4.98 Å². The Labute approximate surface area is 69.5 Å². The standard InChI is InChI=1S/C7H9N5/c1-2-8-6-7-11-10-5-12(7)4-3-9-6/h3-5H,2H2,1H3,(H,8,9). The molecule has 0 aromatic carbocycles. The third kappa shape index (κ3) is 0.990. The topological polar surface area (TPSA) is 55.1 Å². The van der Waals surface area contributed by atoms with E-state index in [2.05, 4.69) is 20.5 Å². The van der Waals surface area contributed by atoms with Gasteiger partial charge in [-0.1, -0.05) is 0 Å². The van der Waals surface area contributed by atoms with Gasteiger partial charge >= 0.3 is 0 Å². The highest BCUT2D eigenvalue weighted by Crippen LogP contribution is 2.08. The molecule has 5 nitrogen and oxygen atoms in total. The summed E-state index contributed by atoms with van der Waals surface area (Å²) in [5.41, 5.74) is 0.763. The van der Waals surface area contributed by atoms with Crippen molar-refractivity contribution in [1.29, 1.82) is 0 Å². The summed E-state index contributed by atoms with van der Waals surface area (Å²) in [6.45, 7) is 2.85. The van der Waals surface area contributed by atoms with E-state index >= 15 is 0 Å². The van der Waals surface area contributed by atoms with E-state index in [1.807, 2.05) is 17.5 Å². The Bertz CT molecular complexity index is 380. The zero-order valence-electron chi connectivity index (χ0n) is 6.73. The van der Waals surface area contributed by atoms with Crippen molar-refractivity contribution in [3.63, 3.8) is 0 Å². The third-order valence-corrected chi connectivity index (χ3v) is 1.56. The molecule has 2 aromatic rings. The van der Waals surface area contributed by atoms with E-state index in [9.17, 15) is 0 Å². The molecule has 12 heavy (non-hydrogen) atoms. The first kappa shape index (κ1) is 7.02. The Hall–Kier alpha value is -1.65. The highest BCUT2D eigenvalue weighted by Gasteiger charge is 2.01. The summed E-state index contributed by atoms with van der Waals surface area (Å²) in [6.07, 6.45) is 5.18. The maximum Gasteiger partial charge on any atom is 0.203 e. The molecule has 2 rings (SSSR count). The molecule has 2 heterocycles. The van der Waals surface area contributed by atoms with Crippen LogP contribution in [0.1, 0.15) is 6.92 Å². The van der Waals surface area contributed by atoms with Crippen LogP contribution in [0.3, 0.4) is 0 Å². The molecule has 0 aliphatic rings. The van der Waals surface area contributed by atoms with Crippen molar-refractivity contribution in [3.05, 3.63) is 18.7 Å².